The number of aromatic nitrogens is 2. The Balaban J connectivity index is 1.02. The number of sulfonamides is 1. The van der Waals surface area contributed by atoms with E-state index < -0.39 is 43.7 Å². The number of carbonyl (C=O) groups excluding carboxylic acids is 1. The molecule has 2 fully saturated rings. The lowest BCUT2D eigenvalue weighted by molar-refractivity contribution is -0.386. The summed E-state index contributed by atoms with van der Waals surface area (Å²) in [5.74, 6) is -0.994. The molecule has 2 aliphatic heterocycles. The summed E-state index contributed by atoms with van der Waals surface area (Å²) in [6.07, 6.45) is 6.47. The summed E-state index contributed by atoms with van der Waals surface area (Å²) in [6, 6.07) is 19.5. The van der Waals surface area contributed by atoms with Crippen molar-refractivity contribution in [2.24, 2.45) is 5.41 Å². The number of nitrogens with zero attached hydrogens (tertiary/aromatic N) is 5. The molecular weight excluding hydrogens is 851 g/mol. The maximum absolute atomic E-state index is 15.2. The van der Waals surface area contributed by atoms with Crippen molar-refractivity contribution in [1.82, 2.24) is 19.2 Å². The molecule has 1 radical (unpaired) electrons. The van der Waals surface area contributed by atoms with Crippen LogP contribution in [-0.4, -0.2) is 96.6 Å². The van der Waals surface area contributed by atoms with Crippen molar-refractivity contribution >= 4 is 55.5 Å². The zero-order valence-corrected chi connectivity index (χ0v) is 36.7. The van der Waals surface area contributed by atoms with Crippen LogP contribution < -0.4 is 14.4 Å². The van der Waals surface area contributed by atoms with Crippen LogP contribution in [0, 0.1) is 22.6 Å². The summed E-state index contributed by atoms with van der Waals surface area (Å²) in [7, 11) is -1.18. The normalized spacial score (nSPS) is 18.0. The van der Waals surface area contributed by atoms with Crippen molar-refractivity contribution in [3.63, 3.8) is 0 Å². The number of amides is 1. The van der Waals surface area contributed by atoms with Crippen LogP contribution in [0.3, 0.4) is 0 Å². The number of alkyl halides is 1. The van der Waals surface area contributed by atoms with Gasteiger partial charge < -0.3 is 24.1 Å². The summed E-state index contributed by atoms with van der Waals surface area (Å²) < 4.78 is 60.4. The fourth-order valence-corrected chi connectivity index (χ4v) is 9.55. The van der Waals surface area contributed by atoms with Gasteiger partial charge in [-0.2, -0.15) is 0 Å². The van der Waals surface area contributed by atoms with Crippen molar-refractivity contribution < 1.29 is 36.7 Å². The molecule has 63 heavy (non-hydrogen) atoms. The molecule has 2 aromatic heterocycles. The van der Waals surface area contributed by atoms with E-state index in [0.717, 1.165) is 68.2 Å². The molecule has 0 saturated carbocycles. The van der Waals surface area contributed by atoms with Gasteiger partial charge in [0.1, 0.15) is 29.4 Å². The Bertz CT molecular complexity index is 2660. The highest BCUT2D eigenvalue weighted by atomic mass is 35.5. The van der Waals surface area contributed by atoms with Gasteiger partial charge in [-0.25, -0.2) is 22.1 Å². The standard InChI is InChI=1S/C46H49ClFN6O8S/c1-45(2)14-12-33(39(27-45)31-4-6-34(47)7-5-31)29-52-18-20-53(21-19-52)35-8-10-38(42(25-35)62-36-24-32-13-17-49-43(32)50-28-36)44(55)51(3)63(58,59)37-9-11-41(40(26-37)54(56)57)61-30-46(48)15-22-60-23-16-46/h4-11,13,17,24-26,28H,3,12,14-16,18-23,27,29-30H2,1-2H3,(H,49,50). The number of allylic oxidation sites excluding steroid dienone is 1. The minimum Gasteiger partial charge on any atom is -0.483 e. The van der Waals surface area contributed by atoms with Crippen LogP contribution in [0.5, 0.6) is 17.2 Å². The molecule has 3 aromatic carbocycles. The fraction of sp³-hybridized carbons (Fsp3) is 0.370. The molecule has 14 nitrogen and oxygen atoms in total. The minimum absolute atomic E-state index is 0.0525. The zero-order valence-electron chi connectivity index (χ0n) is 35.1. The van der Waals surface area contributed by atoms with Gasteiger partial charge in [0.2, 0.25) is 0 Å². The third-order valence-electron chi connectivity index (χ3n) is 12.1. The molecule has 0 atom stereocenters. The van der Waals surface area contributed by atoms with E-state index in [1.54, 1.807) is 24.4 Å². The summed E-state index contributed by atoms with van der Waals surface area (Å²) in [5, 5.41) is 13.6. The summed E-state index contributed by atoms with van der Waals surface area (Å²) >= 11 is 6.24. The van der Waals surface area contributed by atoms with Crippen molar-refractivity contribution in [3.8, 4) is 17.2 Å². The number of nitro groups is 1. The number of ether oxygens (including phenoxy) is 3. The molecule has 1 N–H and O–H groups in total. The fourth-order valence-electron chi connectivity index (χ4n) is 8.35. The Labute approximate surface area is 370 Å². The molecule has 4 heterocycles. The van der Waals surface area contributed by atoms with Crippen molar-refractivity contribution in [1.29, 1.82) is 0 Å². The van der Waals surface area contributed by atoms with Crippen LogP contribution in [0.2, 0.25) is 5.02 Å². The van der Waals surface area contributed by atoms with Gasteiger partial charge in [-0.1, -0.05) is 43.2 Å². The molecule has 17 heteroatoms. The highest BCUT2D eigenvalue weighted by Crippen LogP contribution is 2.44. The number of pyridine rings is 1. The maximum Gasteiger partial charge on any atom is 0.312 e. The highest BCUT2D eigenvalue weighted by Gasteiger charge is 2.36. The van der Waals surface area contributed by atoms with Crippen molar-refractivity contribution in [2.45, 2.75) is 56.5 Å². The van der Waals surface area contributed by atoms with Gasteiger partial charge >= 0.3 is 5.69 Å². The summed E-state index contributed by atoms with van der Waals surface area (Å²) in [4.78, 5) is 37.0. The third-order valence-corrected chi connectivity index (χ3v) is 14.0. The molecule has 0 unspecified atom stereocenters. The SMILES string of the molecule is [CH2]N(C(=O)c1ccc(N2CCN(CC3=C(c4ccc(Cl)cc4)CC(C)(C)CC3)CC2)cc1Oc1cnc2[nH]ccc2c1)S(=O)(=O)c1ccc(OCC2(F)CCOCC2)c([N+](=O)[O-])c1. The second-order valence-electron chi connectivity index (χ2n) is 17.2. The van der Waals surface area contributed by atoms with Crippen LogP contribution in [0.1, 0.15) is 61.9 Å². The van der Waals surface area contributed by atoms with E-state index in [0.29, 0.717) is 29.5 Å². The number of rotatable bonds is 13. The summed E-state index contributed by atoms with van der Waals surface area (Å²) in [6.45, 7) is 8.34. The number of carbonyl (C=O) groups is 1. The summed E-state index contributed by atoms with van der Waals surface area (Å²) in [5.41, 5.74) is 3.06. The van der Waals surface area contributed by atoms with E-state index in [1.165, 1.54) is 29.0 Å². The molecule has 2 saturated heterocycles. The predicted molar refractivity (Wildman–Crippen MR) is 238 cm³/mol. The van der Waals surface area contributed by atoms with Crippen LogP contribution >= 0.6 is 11.6 Å². The smallest absolute Gasteiger partial charge is 0.312 e. The first-order chi connectivity index (χ1) is 30.1. The van der Waals surface area contributed by atoms with Gasteiger partial charge in [0.05, 0.1) is 28.6 Å². The van der Waals surface area contributed by atoms with Crippen LogP contribution in [-0.2, 0) is 14.8 Å². The second kappa shape index (κ2) is 17.9. The van der Waals surface area contributed by atoms with Crippen molar-refractivity contribution in [2.75, 3.05) is 57.4 Å². The van der Waals surface area contributed by atoms with Gasteiger partial charge in [-0.3, -0.25) is 19.8 Å². The number of nitro benzene ring substituents is 1. The number of fused-ring (bicyclic) bond motifs is 1. The Morgan fingerprint density at radius 3 is 2.49 bits per heavy atom. The average Bonchev–Trinajstić information content (AvgIpc) is 3.75. The number of halogens is 2. The molecule has 3 aliphatic rings. The van der Waals surface area contributed by atoms with E-state index in [4.69, 9.17) is 25.8 Å². The Kier molecular flexibility index (Phi) is 12.5. The van der Waals surface area contributed by atoms with Gasteiger partial charge in [0.15, 0.2) is 5.75 Å². The lowest BCUT2D eigenvalue weighted by atomic mass is 9.72. The monoisotopic (exact) mass is 899 g/mol. The lowest BCUT2D eigenvalue weighted by Gasteiger charge is -2.39. The largest absolute Gasteiger partial charge is 0.483 e. The van der Waals surface area contributed by atoms with Gasteiger partial charge in [0, 0.05) is 93.2 Å². The minimum atomic E-state index is -4.77. The third kappa shape index (κ3) is 9.83. The molecule has 1 amide bonds. The highest BCUT2D eigenvalue weighted by molar-refractivity contribution is 7.89. The zero-order chi connectivity index (χ0) is 44.5. The van der Waals surface area contributed by atoms with E-state index in [2.05, 4.69) is 52.8 Å². The Morgan fingerprint density at radius 2 is 1.76 bits per heavy atom. The Hall–Kier alpha value is -5.55. The Morgan fingerprint density at radius 1 is 1.02 bits per heavy atom. The van der Waals surface area contributed by atoms with Crippen molar-refractivity contribution in [3.05, 3.63) is 124 Å². The molecule has 331 valence electrons. The van der Waals surface area contributed by atoms with Crippen LogP contribution in [0.25, 0.3) is 16.6 Å². The van der Waals surface area contributed by atoms with E-state index in [-0.39, 0.29) is 52.8 Å². The number of nitrogens with one attached hydrogen (secondary N) is 1. The number of piperazine rings is 1. The molecular formula is C46H49ClFN6O8S. The first-order valence-corrected chi connectivity index (χ1v) is 22.7. The van der Waals surface area contributed by atoms with Crippen LogP contribution in [0.4, 0.5) is 15.8 Å². The van der Waals surface area contributed by atoms with E-state index in [9.17, 15) is 23.3 Å². The second-order valence-corrected chi connectivity index (χ2v) is 19.5. The van der Waals surface area contributed by atoms with Gasteiger partial charge in [-0.15, -0.1) is 0 Å². The number of hydrogen-bond donors (Lipinski definition) is 1. The molecule has 1 aliphatic carbocycles. The first kappa shape index (κ1) is 44.1. The van der Waals surface area contributed by atoms with Crippen LogP contribution in [0.15, 0.2) is 95.7 Å². The van der Waals surface area contributed by atoms with Gasteiger partial charge in [-0.05, 0) is 84.3 Å². The molecule has 0 spiro atoms. The van der Waals surface area contributed by atoms with E-state index >= 15 is 4.39 Å². The topological polar surface area (TPSA) is 160 Å². The average molecular weight is 900 g/mol. The quantitative estimate of drug-likeness (QED) is 0.0887. The molecule has 0 bridgehead atoms. The number of hydrogen-bond acceptors (Lipinski definition) is 11. The van der Waals surface area contributed by atoms with E-state index in [1.807, 2.05) is 18.2 Å². The number of H-pyrrole nitrogens is 1. The lowest BCUT2D eigenvalue weighted by Crippen LogP contribution is -2.47. The first-order valence-electron chi connectivity index (χ1n) is 20.8. The maximum atomic E-state index is 15.2. The molecule has 8 rings (SSSR count). The molecule has 5 aromatic rings. The predicted octanol–water partition coefficient (Wildman–Crippen LogP) is 9.22. The van der Waals surface area contributed by atoms with Gasteiger partial charge in [0.25, 0.3) is 15.9 Å². The number of aromatic amines is 1. The number of benzene rings is 3. The number of anilines is 1.